The second-order valence-corrected chi connectivity index (χ2v) is 7.57. The van der Waals surface area contributed by atoms with Crippen LogP contribution in [0, 0.1) is 0 Å². The van der Waals surface area contributed by atoms with Crippen LogP contribution in [0.2, 0.25) is 0 Å². The first-order valence-electron chi connectivity index (χ1n) is 8.95. The number of anilines is 1. The van der Waals surface area contributed by atoms with E-state index < -0.39 is 18.8 Å². The maximum Gasteiger partial charge on any atom is 0.422 e. The molecule has 0 saturated carbocycles. The van der Waals surface area contributed by atoms with Crippen LogP contribution in [0.3, 0.4) is 0 Å². The Hall–Kier alpha value is -3.01. The number of urea groups is 1. The van der Waals surface area contributed by atoms with Crippen LogP contribution in [0.4, 0.5) is 23.7 Å². The van der Waals surface area contributed by atoms with E-state index in [2.05, 4.69) is 10.3 Å². The Balaban J connectivity index is 1.72. The van der Waals surface area contributed by atoms with Crippen molar-refractivity contribution in [2.45, 2.75) is 19.1 Å². The fourth-order valence-electron chi connectivity index (χ4n) is 2.65. The molecule has 0 radical (unpaired) electrons. The van der Waals surface area contributed by atoms with Crippen molar-refractivity contribution in [1.82, 2.24) is 9.88 Å². The molecule has 30 heavy (non-hydrogen) atoms. The summed E-state index contributed by atoms with van der Waals surface area (Å²) >= 11 is 1.50. The van der Waals surface area contributed by atoms with E-state index >= 15 is 0 Å². The molecule has 1 aromatic heterocycles. The minimum atomic E-state index is -4.49. The Morgan fingerprint density at radius 2 is 1.97 bits per heavy atom. The van der Waals surface area contributed by atoms with Crippen molar-refractivity contribution in [3.63, 3.8) is 0 Å². The quantitative estimate of drug-likeness (QED) is 0.553. The number of methoxy groups -OCH3 is 1. The number of carbonyl (C=O) groups excluding carboxylic acids is 1. The highest BCUT2D eigenvalue weighted by Crippen LogP contribution is 2.33. The van der Waals surface area contributed by atoms with Crippen LogP contribution in [0.1, 0.15) is 18.0 Å². The van der Waals surface area contributed by atoms with Crippen LogP contribution < -0.4 is 14.8 Å². The minimum absolute atomic E-state index is 0.116. The van der Waals surface area contributed by atoms with Gasteiger partial charge in [0, 0.05) is 18.8 Å². The molecule has 0 aliphatic carbocycles. The number of thiazole rings is 1. The van der Waals surface area contributed by atoms with Crippen LogP contribution in [-0.2, 0) is 0 Å². The molecule has 10 heteroatoms. The Morgan fingerprint density at radius 3 is 2.63 bits per heavy atom. The first-order valence-corrected chi connectivity index (χ1v) is 9.76. The predicted octanol–water partition coefficient (Wildman–Crippen LogP) is 5.47. The van der Waals surface area contributed by atoms with E-state index in [1.54, 1.807) is 7.05 Å². The molecule has 0 saturated heterocycles. The number of alkyl halides is 3. The minimum Gasteiger partial charge on any atom is -0.493 e. The average Bonchev–Trinajstić information content (AvgIpc) is 3.15. The summed E-state index contributed by atoms with van der Waals surface area (Å²) < 4.78 is 48.3. The fourth-order valence-corrected chi connectivity index (χ4v) is 3.71. The summed E-state index contributed by atoms with van der Waals surface area (Å²) in [6.45, 7) is 0.387. The molecule has 0 fully saturated rings. The van der Waals surface area contributed by atoms with Gasteiger partial charge in [-0.1, -0.05) is 12.1 Å². The molecular weight excluding hydrogens is 419 g/mol. The molecule has 1 atom stereocenters. The smallest absolute Gasteiger partial charge is 0.422 e. The first kappa shape index (κ1) is 21.7. The molecule has 6 nitrogen and oxygen atoms in total. The maximum atomic E-state index is 12.7. The number of nitrogens with zero attached hydrogens (tertiary/aromatic N) is 2. The Labute approximate surface area is 175 Å². The molecule has 1 N–H and O–H groups in total. The third kappa shape index (κ3) is 5.12. The lowest BCUT2D eigenvalue weighted by Gasteiger charge is -2.24. The first-order chi connectivity index (χ1) is 14.2. The van der Waals surface area contributed by atoms with Crippen molar-refractivity contribution in [2.75, 3.05) is 26.1 Å². The van der Waals surface area contributed by atoms with Crippen LogP contribution >= 0.6 is 11.3 Å². The molecule has 1 unspecified atom stereocenters. The van der Waals surface area contributed by atoms with Gasteiger partial charge in [-0.25, -0.2) is 9.78 Å². The number of nitrogens with one attached hydrogen (secondary N) is 1. The van der Waals surface area contributed by atoms with E-state index in [0.29, 0.717) is 0 Å². The van der Waals surface area contributed by atoms with E-state index in [4.69, 9.17) is 9.47 Å². The molecule has 1 heterocycles. The highest BCUT2D eigenvalue weighted by molar-refractivity contribution is 7.18. The van der Waals surface area contributed by atoms with Gasteiger partial charge in [0.15, 0.2) is 18.1 Å². The molecule has 0 spiro atoms. The van der Waals surface area contributed by atoms with Gasteiger partial charge in [0.2, 0.25) is 0 Å². The maximum absolute atomic E-state index is 12.7. The highest BCUT2D eigenvalue weighted by atomic mass is 32.1. The van der Waals surface area contributed by atoms with Gasteiger partial charge in [0.05, 0.1) is 23.4 Å². The average molecular weight is 439 g/mol. The van der Waals surface area contributed by atoms with Crippen molar-refractivity contribution < 1.29 is 27.4 Å². The third-order valence-corrected chi connectivity index (χ3v) is 5.58. The van der Waals surface area contributed by atoms with E-state index in [-0.39, 0.29) is 23.2 Å². The lowest BCUT2D eigenvalue weighted by molar-refractivity contribution is -0.153. The van der Waals surface area contributed by atoms with Gasteiger partial charge in [-0.15, -0.1) is 11.3 Å². The second kappa shape index (κ2) is 8.78. The number of halogens is 3. The van der Waals surface area contributed by atoms with Crippen molar-refractivity contribution in [3.8, 4) is 11.5 Å². The molecule has 2 aromatic carbocycles. The monoisotopic (exact) mass is 439 g/mol. The van der Waals surface area contributed by atoms with E-state index in [9.17, 15) is 18.0 Å². The summed E-state index contributed by atoms with van der Waals surface area (Å²) in [5.74, 6) is 0.0166. The molecule has 0 bridgehead atoms. The summed E-state index contributed by atoms with van der Waals surface area (Å²) in [6.07, 6.45) is -4.49. The number of carbonyl (C=O) groups is 1. The highest BCUT2D eigenvalue weighted by Gasteiger charge is 2.29. The number of ether oxygens (including phenoxy) is 2. The summed E-state index contributed by atoms with van der Waals surface area (Å²) in [5, 5.41) is 3.44. The van der Waals surface area contributed by atoms with Gasteiger partial charge in [0.25, 0.3) is 0 Å². The normalized spacial score (nSPS) is 12.5. The van der Waals surface area contributed by atoms with Crippen LogP contribution in [0.5, 0.6) is 11.5 Å². The third-order valence-electron chi connectivity index (χ3n) is 4.38. The van der Waals surface area contributed by atoms with Crippen LogP contribution in [0.25, 0.3) is 10.2 Å². The van der Waals surface area contributed by atoms with E-state index in [1.165, 1.54) is 41.5 Å². The van der Waals surface area contributed by atoms with Gasteiger partial charge < -0.3 is 19.7 Å². The topological polar surface area (TPSA) is 63.7 Å². The number of para-hydroxylation sites is 1. The largest absolute Gasteiger partial charge is 0.493 e. The van der Waals surface area contributed by atoms with Crippen LogP contribution in [0.15, 0.2) is 42.5 Å². The summed E-state index contributed by atoms with van der Waals surface area (Å²) in [7, 11) is 2.94. The van der Waals surface area contributed by atoms with E-state index in [0.717, 1.165) is 15.2 Å². The van der Waals surface area contributed by atoms with Gasteiger partial charge in [-0.05, 0) is 31.2 Å². The Bertz CT molecular complexity index is 1010. The van der Waals surface area contributed by atoms with Crippen molar-refractivity contribution >= 4 is 33.3 Å². The summed E-state index contributed by atoms with van der Waals surface area (Å²) in [4.78, 5) is 18.7. The number of hydrogen-bond acceptors (Lipinski definition) is 5. The Morgan fingerprint density at radius 1 is 1.23 bits per heavy atom. The number of hydrogen-bond donors (Lipinski definition) is 1. The molecule has 160 valence electrons. The number of benzene rings is 2. The standard InChI is InChI=1S/C20H20F3N3O3S/c1-12(18-25-14-6-4-5-7-17(14)30-18)26(2)19(27)24-13-8-9-15(28-3)16(10-13)29-11-20(21,22)23/h4-10,12H,11H2,1-3H3,(H,24,27). The van der Waals surface area contributed by atoms with Gasteiger partial charge in [-0.3, -0.25) is 0 Å². The molecule has 2 amide bonds. The Kier molecular flexibility index (Phi) is 6.35. The zero-order chi connectivity index (χ0) is 21.9. The van der Waals surface area contributed by atoms with Crippen LogP contribution in [-0.4, -0.2) is 42.9 Å². The number of rotatable bonds is 6. The van der Waals surface area contributed by atoms with E-state index in [1.807, 2.05) is 31.2 Å². The lowest BCUT2D eigenvalue weighted by Crippen LogP contribution is -2.33. The van der Waals surface area contributed by atoms with Crippen molar-refractivity contribution in [3.05, 3.63) is 47.5 Å². The number of aromatic nitrogens is 1. The zero-order valence-corrected chi connectivity index (χ0v) is 17.3. The van der Waals surface area contributed by atoms with Gasteiger partial charge in [-0.2, -0.15) is 13.2 Å². The number of fused-ring (bicyclic) bond motifs is 1. The van der Waals surface area contributed by atoms with Crippen molar-refractivity contribution in [2.24, 2.45) is 0 Å². The molecule has 3 aromatic rings. The molecule has 3 rings (SSSR count). The molecule has 0 aliphatic rings. The lowest BCUT2D eigenvalue weighted by atomic mass is 10.2. The second-order valence-electron chi connectivity index (χ2n) is 6.51. The van der Waals surface area contributed by atoms with Gasteiger partial charge >= 0.3 is 12.2 Å². The zero-order valence-electron chi connectivity index (χ0n) is 16.5. The fraction of sp³-hybridized carbons (Fsp3) is 0.300. The molecular formula is C20H20F3N3O3S. The van der Waals surface area contributed by atoms with Gasteiger partial charge in [0.1, 0.15) is 5.01 Å². The number of amides is 2. The summed E-state index contributed by atoms with van der Waals surface area (Å²) in [5.41, 5.74) is 1.14. The SMILES string of the molecule is COc1ccc(NC(=O)N(C)C(C)c2nc3ccccc3s2)cc1OCC(F)(F)F. The molecule has 0 aliphatic heterocycles. The predicted molar refractivity (Wildman–Crippen MR) is 109 cm³/mol. The van der Waals surface area contributed by atoms with Crippen molar-refractivity contribution in [1.29, 1.82) is 0 Å². The summed E-state index contributed by atoms with van der Waals surface area (Å²) in [6, 6.07) is 11.2.